The first-order chi connectivity index (χ1) is 18.2. The zero-order valence-corrected chi connectivity index (χ0v) is 20.7. The number of para-hydroxylation sites is 1. The molecule has 5 rings (SSSR count). The Kier molecular flexibility index (Phi) is 6.98. The van der Waals surface area contributed by atoms with E-state index in [1.807, 2.05) is 4.90 Å². The Labute approximate surface area is 220 Å². The van der Waals surface area contributed by atoms with Crippen LogP contribution in [0.15, 0.2) is 71.5 Å². The van der Waals surface area contributed by atoms with Crippen LogP contribution in [0.3, 0.4) is 0 Å². The summed E-state index contributed by atoms with van der Waals surface area (Å²) in [7, 11) is 0. The molecule has 0 saturated carbocycles. The molecule has 0 spiro atoms. The Balaban J connectivity index is 1.29. The van der Waals surface area contributed by atoms with Gasteiger partial charge in [0.15, 0.2) is 0 Å². The number of nitrogens with zero attached hydrogens (tertiary/aromatic N) is 3. The number of ether oxygens (including phenoxy) is 1. The van der Waals surface area contributed by atoms with E-state index in [4.69, 9.17) is 16.3 Å². The second-order valence-electron chi connectivity index (χ2n) is 8.81. The van der Waals surface area contributed by atoms with Crippen LogP contribution in [-0.2, 0) is 12.8 Å². The van der Waals surface area contributed by atoms with E-state index in [9.17, 15) is 22.8 Å². The van der Waals surface area contributed by atoms with Gasteiger partial charge in [0.1, 0.15) is 12.4 Å². The highest BCUT2D eigenvalue weighted by molar-refractivity contribution is 6.30. The lowest BCUT2D eigenvalue weighted by molar-refractivity contribution is -0.139. The normalized spacial score (nSPS) is 14.1. The third-order valence-electron chi connectivity index (χ3n) is 6.28. The fourth-order valence-corrected chi connectivity index (χ4v) is 4.54. The average Bonchev–Trinajstić information content (AvgIpc) is 2.91. The van der Waals surface area contributed by atoms with E-state index < -0.39 is 17.6 Å². The van der Waals surface area contributed by atoms with Crippen molar-refractivity contribution in [2.75, 3.05) is 31.1 Å². The molecular weight excluding hydrogens is 521 g/mol. The van der Waals surface area contributed by atoms with Gasteiger partial charge in [0.25, 0.3) is 11.5 Å². The lowest BCUT2D eigenvalue weighted by Crippen LogP contribution is -2.49. The van der Waals surface area contributed by atoms with E-state index in [0.29, 0.717) is 40.5 Å². The van der Waals surface area contributed by atoms with Crippen LogP contribution >= 0.6 is 11.6 Å². The second-order valence-corrected chi connectivity index (χ2v) is 9.25. The standard InChI is InChI=1S/C27H22ClF3N4O3/c28-19-5-3-4-17(14-19)16-38-23-9-8-18(15-21(23)27(29,30)31)25(37)34-10-12-35(13-11-34)26-32-22-7-2-1-6-20(22)24(36)33-26/h1-9,14-15H,10-13,16H2,(H,32,33,36). The molecule has 1 saturated heterocycles. The fraction of sp³-hybridized carbons (Fsp3) is 0.222. The van der Waals surface area contributed by atoms with Crippen molar-refractivity contribution >= 4 is 34.4 Å². The number of hydrogen-bond acceptors (Lipinski definition) is 5. The predicted molar refractivity (Wildman–Crippen MR) is 138 cm³/mol. The molecule has 2 heterocycles. The molecule has 0 aliphatic carbocycles. The minimum Gasteiger partial charge on any atom is -0.488 e. The van der Waals surface area contributed by atoms with Gasteiger partial charge in [0, 0.05) is 36.8 Å². The van der Waals surface area contributed by atoms with Gasteiger partial charge in [-0.3, -0.25) is 14.6 Å². The Bertz CT molecular complexity index is 1550. The quantitative estimate of drug-likeness (QED) is 0.378. The molecule has 4 aromatic rings. The van der Waals surface area contributed by atoms with Crippen LogP contribution in [0.1, 0.15) is 21.5 Å². The maximum absolute atomic E-state index is 13.8. The van der Waals surface area contributed by atoms with Crippen LogP contribution < -0.4 is 15.2 Å². The van der Waals surface area contributed by atoms with Crippen LogP contribution in [0.5, 0.6) is 5.75 Å². The van der Waals surface area contributed by atoms with E-state index in [0.717, 1.165) is 6.07 Å². The number of amides is 1. The molecule has 0 atom stereocenters. The van der Waals surface area contributed by atoms with Gasteiger partial charge in [-0.05, 0) is 48.0 Å². The van der Waals surface area contributed by atoms with Crippen molar-refractivity contribution < 1.29 is 22.7 Å². The minimum absolute atomic E-state index is 0.0851. The predicted octanol–water partition coefficient (Wildman–Crippen LogP) is 5.14. The number of H-pyrrole nitrogens is 1. The topological polar surface area (TPSA) is 78.5 Å². The number of nitrogens with one attached hydrogen (secondary N) is 1. The van der Waals surface area contributed by atoms with Crippen molar-refractivity contribution in [2.24, 2.45) is 0 Å². The molecule has 0 radical (unpaired) electrons. The summed E-state index contributed by atoms with van der Waals surface area (Å²) in [4.78, 5) is 36.1. The maximum atomic E-state index is 13.8. The fourth-order valence-electron chi connectivity index (χ4n) is 4.33. The summed E-state index contributed by atoms with van der Waals surface area (Å²) in [5.74, 6) is -0.497. The van der Waals surface area contributed by atoms with Crippen LogP contribution in [-0.4, -0.2) is 47.0 Å². The average molecular weight is 543 g/mol. The first-order valence-corrected chi connectivity index (χ1v) is 12.2. The van der Waals surface area contributed by atoms with Crippen molar-refractivity contribution in [2.45, 2.75) is 12.8 Å². The van der Waals surface area contributed by atoms with Gasteiger partial charge >= 0.3 is 6.18 Å². The molecule has 0 unspecified atom stereocenters. The first kappa shape index (κ1) is 25.6. The van der Waals surface area contributed by atoms with Gasteiger partial charge in [-0.1, -0.05) is 35.9 Å². The monoisotopic (exact) mass is 542 g/mol. The third kappa shape index (κ3) is 5.45. The number of anilines is 1. The molecule has 1 amide bonds. The number of rotatable bonds is 5. The summed E-state index contributed by atoms with van der Waals surface area (Å²) in [5, 5.41) is 0.927. The van der Waals surface area contributed by atoms with Crippen LogP contribution in [0.25, 0.3) is 10.9 Å². The Morgan fingerprint density at radius 2 is 1.76 bits per heavy atom. The molecule has 196 valence electrons. The highest BCUT2D eigenvalue weighted by atomic mass is 35.5. The first-order valence-electron chi connectivity index (χ1n) is 11.8. The van der Waals surface area contributed by atoms with Crippen molar-refractivity contribution in [3.63, 3.8) is 0 Å². The number of carbonyl (C=O) groups is 1. The smallest absolute Gasteiger partial charge is 0.419 e. The molecule has 38 heavy (non-hydrogen) atoms. The summed E-state index contributed by atoms with van der Waals surface area (Å²) in [6.07, 6.45) is -4.72. The molecule has 1 fully saturated rings. The highest BCUT2D eigenvalue weighted by Crippen LogP contribution is 2.37. The number of aromatic nitrogens is 2. The summed E-state index contributed by atoms with van der Waals surface area (Å²) >= 11 is 5.93. The third-order valence-corrected chi connectivity index (χ3v) is 6.52. The molecule has 11 heteroatoms. The molecular formula is C27H22ClF3N4O3. The summed E-state index contributed by atoms with van der Waals surface area (Å²) in [6.45, 7) is 1.12. The van der Waals surface area contributed by atoms with Crippen molar-refractivity contribution in [3.8, 4) is 5.75 Å². The largest absolute Gasteiger partial charge is 0.488 e. The SMILES string of the molecule is O=C(c1ccc(OCc2cccc(Cl)c2)c(C(F)(F)F)c1)N1CCN(c2nc3ccccc3c(=O)[nH]2)CC1. The highest BCUT2D eigenvalue weighted by Gasteiger charge is 2.36. The second kappa shape index (κ2) is 10.4. The zero-order chi connectivity index (χ0) is 26.9. The summed E-state index contributed by atoms with van der Waals surface area (Å²) in [5.41, 5.74) is -0.200. The van der Waals surface area contributed by atoms with Gasteiger partial charge in [-0.15, -0.1) is 0 Å². The Morgan fingerprint density at radius 3 is 2.50 bits per heavy atom. The summed E-state index contributed by atoms with van der Waals surface area (Å²) < 4.78 is 47.0. The Morgan fingerprint density at radius 1 is 1.00 bits per heavy atom. The number of carbonyl (C=O) groups excluding carboxylic acids is 1. The number of alkyl halides is 3. The van der Waals surface area contributed by atoms with Crippen LogP contribution in [0, 0.1) is 0 Å². The van der Waals surface area contributed by atoms with Gasteiger partial charge in [-0.25, -0.2) is 4.98 Å². The van der Waals surface area contributed by atoms with Gasteiger partial charge in [-0.2, -0.15) is 13.2 Å². The number of halogens is 4. The maximum Gasteiger partial charge on any atom is 0.419 e. The number of piperazine rings is 1. The zero-order valence-electron chi connectivity index (χ0n) is 20.0. The summed E-state index contributed by atoms with van der Waals surface area (Å²) in [6, 6.07) is 16.9. The van der Waals surface area contributed by atoms with E-state index >= 15 is 0 Å². The molecule has 1 aromatic heterocycles. The minimum atomic E-state index is -4.72. The van der Waals surface area contributed by atoms with E-state index in [-0.39, 0.29) is 36.6 Å². The van der Waals surface area contributed by atoms with Crippen molar-refractivity contribution in [1.82, 2.24) is 14.9 Å². The molecule has 0 bridgehead atoms. The van der Waals surface area contributed by atoms with Crippen LogP contribution in [0.2, 0.25) is 5.02 Å². The van der Waals surface area contributed by atoms with E-state index in [1.165, 1.54) is 17.0 Å². The number of benzene rings is 3. The number of fused-ring (bicyclic) bond motifs is 1. The molecule has 1 aliphatic rings. The van der Waals surface area contributed by atoms with Crippen molar-refractivity contribution in [1.29, 1.82) is 0 Å². The van der Waals surface area contributed by atoms with E-state index in [2.05, 4.69) is 9.97 Å². The van der Waals surface area contributed by atoms with E-state index in [1.54, 1.807) is 48.5 Å². The van der Waals surface area contributed by atoms with Crippen LogP contribution in [0.4, 0.5) is 19.1 Å². The molecule has 3 aromatic carbocycles. The Hall–Kier alpha value is -4.05. The molecule has 7 nitrogen and oxygen atoms in total. The number of hydrogen-bond donors (Lipinski definition) is 1. The molecule has 1 N–H and O–H groups in total. The lowest BCUT2D eigenvalue weighted by atomic mass is 10.1. The van der Waals surface area contributed by atoms with Gasteiger partial charge < -0.3 is 14.5 Å². The molecule has 1 aliphatic heterocycles. The van der Waals surface area contributed by atoms with Crippen molar-refractivity contribution in [3.05, 3.63) is 98.8 Å². The number of aromatic amines is 1. The lowest BCUT2D eigenvalue weighted by Gasteiger charge is -2.35. The van der Waals surface area contributed by atoms with Gasteiger partial charge in [0.2, 0.25) is 5.95 Å². The van der Waals surface area contributed by atoms with Gasteiger partial charge in [0.05, 0.1) is 16.5 Å².